The number of hydrogen-bond donors (Lipinski definition) is 1. The van der Waals surface area contributed by atoms with Crippen LogP contribution >= 0.6 is 11.6 Å². The zero-order valence-corrected chi connectivity index (χ0v) is 8.41. The van der Waals surface area contributed by atoms with Gasteiger partial charge in [0.2, 0.25) is 0 Å². The van der Waals surface area contributed by atoms with Gasteiger partial charge in [0.05, 0.1) is 6.54 Å². The summed E-state index contributed by atoms with van der Waals surface area (Å²) in [5.74, 6) is 0. The fraction of sp³-hybridized carbons (Fsp3) is 0.0909. The van der Waals surface area contributed by atoms with Crippen molar-refractivity contribution in [2.75, 3.05) is 5.43 Å². The molecule has 14 heavy (non-hydrogen) atoms. The topological polar surface area (TPSA) is 17.0 Å². The lowest BCUT2D eigenvalue weighted by molar-refractivity contribution is 0.847. The molecule has 0 saturated carbocycles. The maximum Gasteiger partial charge on any atom is 0.0564 e. The van der Waals surface area contributed by atoms with Crippen LogP contribution in [0.3, 0.4) is 0 Å². The lowest BCUT2D eigenvalue weighted by Crippen LogP contribution is -2.11. The summed E-state index contributed by atoms with van der Waals surface area (Å²) in [5, 5.41) is 0.775. The van der Waals surface area contributed by atoms with E-state index in [9.17, 15) is 0 Å². The number of benzene rings is 1. The van der Waals surface area contributed by atoms with Crippen molar-refractivity contribution in [2.24, 2.45) is 0 Å². The molecule has 0 saturated heterocycles. The van der Waals surface area contributed by atoms with E-state index in [-0.39, 0.29) is 0 Å². The summed E-state index contributed by atoms with van der Waals surface area (Å²) in [7, 11) is 0. The number of halogens is 1. The third kappa shape index (κ3) is 2.30. The van der Waals surface area contributed by atoms with Gasteiger partial charge in [-0.05, 0) is 29.8 Å². The lowest BCUT2D eigenvalue weighted by Gasteiger charge is -2.07. The molecule has 0 unspecified atom stereocenters. The van der Waals surface area contributed by atoms with Crippen LogP contribution in [0.4, 0.5) is 0 Å². The van der Waals surface area contributed by atoms with Gasteiger partial charge < -0.3 is 5.43 Å². The third-order valence-corrected chi connectivity index (χ3v) is 2.19. The molecule has 2 nitrogen and oxygen atoms in total. The van der Waals surface area contributed by atoms with Crippen LogP contribution in [0.15, 0.2) is 48.8 Å². The van der Waals surface area contributed by atoms with Crippen LogP contribution in [0.1, 0.15) is 5.56 Å². The molecule has 2 rings (SSSR count). The Morgan fingerprint density at radius 2 is 1.93 bits per heavy atom. The molecule has 0 spiro atoms. The van der Waals surface area contributed by atoms with E-state index in [2.05, 4.69) is 5.43 Å². The van der Waals surface area contributed by atoms with Crippen molar-refractivity contribution in [3.63, 3.8) is 0 Å². The van der Waals surface area contributed by atoms with Crippen molar-refractivity contribution < 1.29 is 0 Å². The van der Waals surface area contributed by atoms with Crippen molar-refractivity contribution in [2.45, 2.75) is 6.54 Å². The Labute approximate surface area is 88.1 Å². The second-order valence-electron chi connectivity index (χ2n) is 3.06. The first kappa shape index (κ1) is 9.16. The van der Waals surface area contributed by atoms with E-state index in [1.54, 1.807) is 0 Å². The minimum atomic E-state index is 0.773. The average molecular weight is 207 g/mol. The van der Waals surface area contributed by atoms with Gasteiger partial charge in [-0.1, -0.05) is 23.7 Å². The van der Waals surface area contributed by atoms with Gasteiger partial charge in [0.1, 0.15) is 0 Å². The van der Waals surface area contributed by atoms with E-state index in [0.29, 0.717) is 0 Å². The Kier molecular flexibility index (Phi) is 2.75. The molecule has 0 amide bonds. The predicted molar refractivity (Wildman–Crippen MR) is 58.9 cm³/mol. The van der Waals surface area contributed by atoms with Crippen LogP contribution in [0.25, 0.3) is 0 Å². The first-order valence-corrected chi connectivity index (χ1v) is 4.84. The lowest BCUT2D eigenvalue weighted by atomic mass is 10.2. The molecule has 1 heterocycles. The molecular formula is C11H11ClN2. The summed E-state index contributed by atoms with van der Waals surface area (Å²) >= 11 is 5.87. The minimum Gasteiger partial charge on any atom is -0.322 e. The van der Waals surface area contributed by atoms with Gasteiger partial charge >= 0.3 is 0 Å². The van der Waals surface area contributed by atoms with Crippen LogP contribution in [-0.4, -0.2) is 4.68 Å². The first-order valence-electron chi connectivity index (χ1n) is 4.46. The molecule has 0 atom stereocenters. The summed E-state index contributed by atoms with van der Waals surface area (Å²) in [6.07, 6.45) is 3.93. The zero-order chi connectivity index (χ0) is 9.80. The van der Waals surface area contributed by atoms with Gasteiger partial charge in [-0.3, -0.25) is 4.68 Å². The van der Waals surface area contributed by atoms with Gasteiger partial charge in [0.25, 0.3) is 0 Å². The summed E-state index contributed by atoms with van der Waals surface area (Å²) in [4.78, 5) is 0. The number of rotatable bonds is 3. The second kappa shape index (κ2) is 4.20. The Balaban J connectivity index is 1.98. The molecule has 0 radical (unpaired) electrons. The van der Waals surface area contributed by atoms with Crippen LogP contribution in [0, 0.1) is 0 Å². The smallest absolute Gasteiger partial charge is 0.0564 e. The highest BCUT2D eigenvalue weighted by molar-refractivity contribution is 6.30. The second-order valence-corrected chi connectivity index (χ2v) is 3.49. The van der Waals surface area contributed by atoms with E-state index in [1.165, 1.54) is 5.56 Å². The number of aromatic nitrogens is 1. The minimum absolute atomic E-state index is 0.773. The molecule has 2 aromatic rings. The fourth-order valence-electron chi connectivity index (χ4n) is 1.27. The number of nitrogens with zero attached hydrogens (tertiary/aromatic N) is 1. The Hall–Kier alpha value is -1.41. The third-order valence-electron chi connectivity index (χ3n) is 1.96. The summed E-state index contributed by atoms with van der Waals surface area (Å²) in [6.45, 7) is 0.773. The maximum atomic E-state index is 5.87. The van der Waals surface area contributed by atoms with Crippen LogP contribution in [0.2, 0.25) is 5.02 Å². The standard InChI is InChI=1S/C11H11ClN2/c12-11-5-3-4-10(8-11)9-13-14-6-1-2-7-14/h1-8,13H,9H2. The van der Waals surface area contributed by atoms with E-state index in [1.807, 2.05) is 53.5 Å². The molecule has 0 aliphatic carbocycles. The summed E-state index contributed by atoms with van der Waals surface area (Å²) < 4.78 is 1.92. The average Bonchev–Trinajstić information content (AvgIpc) is 2.67. The normalized spacial score (nSPS) is 10.1. The first-order chi connectivity index (χ1) is 6.84. The molecule has 0 bridgehead atoms. The summed E-state index contributed by atoms with van der Waals surface area (Å²) in [5.41, 5.74) is 4.40. The van der Waals surface area contributed by atoms with Crippen LogP contribution in [-0.2, 0) is 6.54 Å². The van der Waals surface area contributed by atoms with Crippen molar-refractivity contribution in [1.82, 2.24) is 4.68 Å². The van der Waals surface area contributed by atoms with Gasteiger partial charge in [-0.25, -0.2) is 0 Å². The van der Waals surface area contributed by atoms with Gasteiger partial charge in [0, 0.05) is 17.4 Å². The van der Waals surface area contributed by atoms with E-state index >= 15 is 0 Å². The Morgan fingerprint density at radius 1 is 1.14 bits per heavy atom. The molecule has 0 fully saturated rings. The van der Waals surface area contributed by atoms with Gasteiger partial charge in [-0.15, -0.1) is 0 Å². The van der Waals surface area contributed by atoms with Crippen molar-refractivity contribution in [1.29, 1.82) is 0 Å². The molecule has 0 aliphatic heterocycles. The summed E-state index contributed by atoms with van der Waals surface area (Å²) in [6, 6.07) is 11.8. The SMILES string of the molecule is Clc1cccc(CNn2cccc2)c1. The molecule has 72 valence electrons. The molecular weight excluding hydrogens is 196 g/mol. The Morgan fingerprint density at radius 3 is 2.64 bits per heavy atom. The quantitative estimate of drug-likeness (QED) is 0.817. The highest BCUT2D eigenvalue weighted by Gasteiger charge is 1.93. The fourth-order valence-corrected chi connectivity index (χ4v) is 1.48. The molecule has 3 heteroatoms. The van der Waals surface area contributed by atoms with Crippen molar-refractivity contribution >= 4 is 11.6 Å². The van der Waals surface area contributed by atoms with Gasteiger partial charge in [0.15, 0.2) is 0 Å². The number of hydrogen-bond acceptors (Lipinski definition) is 1. The molecule has 0 aliphatic rings. The zero-order valence-electron chi connectivity index (χ0n) is 7.65. The largest absolute Gasteiger partial charge is 0.322 e. The van der Waals surface area contributed by atoms with E-state index in [0.717, 1.165) is 11.6 Å². The Bertz CT molecular complexity index is 395. The van der Waals surface area contributed by atoms with Crippen molar-refractivity contribution in [3.8, 4) is 0 Å². The maximum absolute atomic E-state index is 5.87. The number of nitrogens with one attached hydrogen (secondary N) is 1. The molecule has 1 aromatic carbocycles. The van der Waals surface area contributed by atoms with Gasteiger partial charge in [-0.2, -0.15) is 0 Å². The van der Waals surface area contributed by atoms with E-state index in [4.69, 9.17) is 11.6 Å². The highest BCUT2D eigenvalue weighted by Crippen LogP contribution is 2.10. The van der Waals surface area contributed by atoms with Crippen LogP contribution < -0.4 is 5.43 Å². The highest BCUT2D eigenvalue weighted by atomic mass is 35.5. The predicted octanol–water partition coefficient (Wildman–Crippen LogP) is 2.89. The van der Waals surface area contributed by atoms with E-state index < -0.39 is 0 Å². The molecule has 1 aromatic heterocycles. The van der Waals surface area contributed by atoms with Crippen LogP contribution in [0.5, 0.6) is 0 Å². The monoisotopic (exact) mass is 206 g/mol. The molecule has 1 N–H and O–H groups in total. The van der Waals surface area contributed by atoms with Crippen molar-refractivity contribution in [3.05, 3.63) is 59.4 Å².